The Labute approximate surface area is 146 Å². The van der Waals surface area contributed by atoms with Gasteiger partial charge in [-0.15, -0.1) is 0 Å². The molecule has 23 heavy (non-hydrogen) atoms. The first-order valence-electron chi connectivity index (χ1n) is 6.78. The van der Waals surface area contributed by atoms with Crippen molar-refractivity contribution in [3.8, 4) is 11.5 Å². The first kappa shape index (κ1) is 17.8. The van der Waals surface area contributed by atoms with E-state index in [-0.39, 0.29) is 22.6 Å². The molecule has 1 aliphatic rings. The van der Waals surface area contributed by atoms with Crippen LogP contribution in [0.1, 0.15) is 12.0 Å². The highest BCUT2D eigenvalue weighted by atomic mass is 79.9. The van der Waals surface area contributed by atoms with E-state index in [1.165, 1.54) is 12.0 Å². The number of ether oxygens (including phenoxy) is 2. The second-order valence-electron chi connectivity index (χ2n) is 4.73. The topological polar surface area (TPSA) is 76.1 Å². The highest BCUT2D eigenvalue weighted by Crippen LogP contribution is 2.38. The molecule has 2 amide bonds. The van der Waals surface area contributed by atoms with Crippen LogP contribution >= 0.6 is 27.7 Å². The van der Waals surface area contributed by atoms with E-state index < -0.39 is 0 Å². The molecule has 124 valence electrons. The van der Waals surface area contributed by atoms with E-state index in [4.69, 9.17) is 9.47 Å². The molecule has 0 unspecified atom stereocenters. The van der Waals surface area contributed by atoms with Crippen LogP contribution < -0.4 is 4.74 Å². The maximum Gasteiger partial charge on any atom is 0.293 e. The second kappa shape index (κ2) is 7.85. The number of hydrogen-bond acceptors (Lipinski definition) is 6. The normalized spacial score (nSPS) is 16.5. The summed E-state index contributed by atoms with van der Waals surface area (Å²) in [6, 6.07) is 3.25. The van der Waals surface area contributed by atoms with Crippen LogP contribution in [0.3, 0.4) is 0 Å². The van der Waals surface area contributed by atoms with Crippen LogP contribution in [-0.4, -0.2) is 48.5 Å². The smallest absolute Gasteiger partial charge is 0.293 e. The Morgan fingerprint density at radius 1 is 1.35 bits per heavy atom. The van der Waals surface area contributed by atoms with Gasteiger partial charge in [-0.2, -0.15) is 0 Å². The van der Waals surface area contributed by atoms with Crippen molar-refractivity contribution in [1.29, 1.82) is 0 Å². The fourth-order valence-corrected chi connectivity index (χ4v) is 3.37. The molecule has 0 bridgehead atoms. The summed E-state index contributed by atoms with van der Waals surface area (Å²) >= 11 is 4.12. The van der Waals surface area contributed by atoms with Gasteiger partial charge in [-0.1, -0.05) is 0 Å². The zero-order valence-electron chi connectivity index (χ0n) is 12.7. The number of nitrogens with zero attached hydrogens (tertiary/aromatic N) is 1. The van der Waals surface area contributed by atoms with Gasteiger partial charge in [0.1, 0.15) is 0 Å². The zero-order chi connectivity index (χ0) is 17.0. The molecule has 0 aliphatic carbocycles. The number of aromatic hydroxyl groups is 1. The van der Waals surface area contributed by atoms with Crippen LogP contribution in [0.4, 0.5) is 4.79 Å². The molecular weight excluding hydrogens is 386 g/mol. The van der Waals surface area contributed by atoms with Crippen molar-refractivity contribution in [2.24, 2.45) is 0 Å². The highest BCUT2D eigenvalue weighted by Gasteiger charge is 2.34. The van der Waals surface area contributed by atoms with Gasteiger partial charge in [0, 0.05) is 20.3 Å². The standard InChI is InChI=1S/C15H16BrNO5S/c1-21-5-3-4-17-14(19)12(23-15(17)20)8-9-6-10(16)13(18)11(7-9)22-2/h6-8,18H,3-5H2,1-2H3/b12-8+. The van der Waals surface area contributed by atoms with E-state index >= 15 is 0 Å². The van der Waals surface area contributed by atoms with Crippen LogP contribution in [0.25, 0.3) is 6.08 Å². The number of imide groups is 1. The average molecular weight is 402 g/mol. The van der Waals surface area contributed by atoms with Crippen molar-refractivity contribution in [3.63, 3.8) is 0 Å². The Morgan fingerprint density at radius 2 is 2.09 bits per heavy atom. The molecule has 2 rings (SSSR count). The number of halogens is 1. The summed E-state index contributed by atoms with van der Waals surface area (Å²) in [5.41, 5.74) is 0.647. The van der Waals surface area contributed by atoms with Gasteiger partial charge in [-0.25, -0.2) is 0 Å². The Hall–Kier alpha value is -1.51. The summed E-state index contributed by atoms with van der Waals surface area (Å²) < 4.78 is 10.5. The molecular formula is C15H16BrNO5S. The minimum Gasteiger partial charge on any atom is -0.503 e. The number of hydrogen-bond donors (Lipinski definition) is 1. The molecule has 0 spiro atoms. The molecule has 1 aromatic rings. The van der Waals surface area contributed by atoms with Crippen molar-refractivity contribution in [2.45, 2.75) is 6.42 Å². The summed E-state index contributed by atoms with van der Waals surface area (Å²) in [4.78, 5) is 25.8. The summed E-state index contributed by atoms with van der Waals surface area (Å²) in [6.45, 7) is 0.821. The molecule has 6 nitrogen and oxygen atoms in total. The van der Waals surface area contributed by atoms with Gasteiger partial charge in [0.2, 0.25) is 0 Å². The maximum atomic E-state index is 12.3. The monoisotopic (exact) mass is 401 g/mol. The molecule has 0 radical (unpaired) electrons. The molecule has 0 saturated carbocycles. The molecule has 1 heterocycles. The third-order valence-electron chi connectivity index (χ3n) is 3.17. The summed E-state index contributed by atoms with van der Waals surface area (Å²) in [6.07, 6.45) is 2.20. The minimum absolute atomic E-state index is 0.0164. The highest BCUT2D eigenvalue weighted by molar-refractivity contribution is 9.10. The fraction of sp³-hybridized carbons (Fsp3) is 0.333. The lowest BCUT2D eigenvalue weighted by atomic mass is 10.2. The molecule has 8 heteroatoms. The van der Waals surface area contributed by atoms with Crippen molar-refractivity contribution in [3.05, 3.63) is 27.1 Å². The summed E-state index contributed by atoms with van der Waals surface area (Å²) in [5, 5.41) is 9.51. The molecule has 1 aliphatic heterocycles. The van der Waals surface area contributed by atoms with Crippen LogP contribution in [0, 0.1) is 0 Å². The first-order chi connectivity index (χ1) is 11.0. The number of phenolic OH excluding ortho intramolecular Hbond substituents is 1. The van der Waals surface area contributed by atoms with Gasteiger partial charge in [0.15, 0.2) is 11.5 Å². The predicted molar refractivity (Wildman–Crippen MR) is 91.5 cm³/mol. The average Bonchev–Trinajstić information content (AvgIpc) is 2.78. The number of phenols is 1. The molecule has 0 aromatic heterocycles. The van der Waals surface area contributed by atoms with E-state index in [0.717, 1.165) is 11.8 Å². The lowest BCUT2D eigenvalue weighted by Crippen LogP contribution is -2.29. The van der Waals surface area contributed by atoms with E-state index in [9.17, 15) is 14.7 Å². The van der Waals surface area contributed by atoms with Crippen molar-refractivity contribution in [1.82, 2.24) is 4.90 Å². The van der Waals surface area contributed by atoms with E-state index in [2.05, 4.69) is 15.9 Å². The van der Waals surface area contributed by atoms with Gasteiger partial charge in [0.05, 0.1) is 16.5 Å². The van der Waals surface area contributed by atoms with E-state index in [1.54, 1.807) is 25.3 Å². The molecule has 1 fully saturated rings. The molecule has 1 saturated heterocycles. The lowest BCUT2D eigenvalue weighted by molar-refractivity contribution is -0.122. The Balaban J connectivity index is 2.22. The Bertz CT molecular complexity index is 662. The summed E-state index contributed by atoms with van der Waals surface area (Å²) in [7, 11) is 3.01. The quantitative estimate of drug-likeness (QED) is 0.582. The van der Waals surface area contributed by atoms with Crippen molar-refractivity contribution < 1.29 is 24.2 Å². The number of amides is 2. The largest absolute Gasteiger partial charge is 0.503 e. The van der Waals surface area contributed by atoms with Gasteiger partial charge in [-0.3, -0.25) is 14.5 Å². The minimum atomic E-state index is -0.320. The van der Waals surface area contributed by atoms with Gasteiger partial charge >= 0.3 is 0 Å². The number of carbonyl (C=O) groups excluding carboxylic acids is 2. The van der Waals surface area contributed by atoms with Gasteiger partial charge < -0.3 is 14.6 Å². The number of rotatable bonds is 6. The number of thioether (sulfide) groups is 1. The maximum absolute atomic E-state index is 12.3. The lowest BCUT2D eigenvalue weighted by Gasteiger charge is -2.11. The third-order valence-corrected chi connectivity index (χ3v) is 4.68. The van der Waals surface area contributed by atoms with Crippen LogP contribution in [-0.2, 0) is 9.53 Å². The molecule has 0 atom stereocenters. The summed E-state index contributed by atoms with van der Waals surface area (Å²) in [5.74, 6) is -0.0541. The van der Waals surface area contributed by atoms with E-state index in [1.807, 2.05) is 0 Å². The third kappa shape index (κ3) is 4.07. The fourth-order valence-electron chi connectivity index (χ4n) is 2.04. The second-order valence-corrected chi connectivity index (χ2v) is 6.58. The molecule has 1 aromatic carbocycles. The Kier molecular flexibility index (Phi) is 6.09. The SMILES string of the molecule is COCCCN1C(=O)S/C(=C/c2cc(Br)c(O)c(OC)c2)C1=O. The van der Waals surface area contributed by atoms with Crippen molar-refractivity contribution >= 4 is 44.9 Å². The van der Waals surface area contributed by atoms with Gasteiger partial charge in [-0.05, 0) is 57.9 Å². The van der Waals surface area contributed by atoms with E-state index in [0.29, 0.717) is 34.5 Å². The Morgan fingerprint density at radius 3 is 2.74 bits per heavy atom. The molecule has 1 N–H and O–H groups in total. The number of carbonyl (C=O) groups is 2. The van der Waals surface area contributed by atoms with Crippen LogP contribution in [0.5, 0.6) is 11.5 Å². The van der Waals surface area contributed by atoms with Crippen molar-refractivity contribution in [2.75, 3.05) is 27.4 Å². The van der Waals surface area contributed by atoms with Gasteiger partial charge in [0.25, 0.3) is 11.1 Å². The van der Waals surface area contributed by atoms with Crippen LogP contribution in [0.15, 0.2) is 21.5 Å². The first-order valence-corrected chi connectivity index (χ1v) is 8.39. The van der Waals surface area contributed by atoms with Crippen LogP contribution in [0.2, 0.25) is 0 Å². The zero-order valence-corrected chi connectivity index (χ0v) is 15.1. The number of methoxy groups -OCH3 is 2. The number of benzene rings is 1. The predicted octanol–water partition coefficient (Wildman–Crippen LogP) is 3.24.